The third-order valence-electron chi connectivity index (χ3n) is 0.957. The summed E-state index contributed by atoms with van der Waals surface area (Å²) in [6.07, 6.45) is 5.54. The molecule has 0 saturated heterocycles. The summed E-state index contributed by atoms with van der Waals surface area (Å²) in [4.78, 5) is 0. The molecule has 0 spiro atoms. The zero-order valence-electron chi connectivity index (χ0n) is 5.33. The highest BCUT2D eigenvalue weighted by molar-refractivity contribution is 7.59. The van der Waals surface area contributed by atoms with E-state index in [4.69, 9.17) is 0 Å². The minimum Gasteiger partial charge on any atom is -0.197 e. The van der Waals surface area contributed by atoms with Crippen LogP contribution in [-0.2, 0) is 0 Å². The second-order valence-corrected chi connectivity index (χ2v) is 1.71. The van der Waals surface area contributed by atoms with Crippen LogP contribution < -0.4 is 0 Å². The van der Waals surface area contributed by atoms with Crippen LogP contribution in [0.15, 0.2) is 0 Å². The van der Waals surface area contributed by atoms with Gasteiger partial charge >= 0.3 is 0 Å². The number of hydrogen-bond donors (Lipinski definition) is 0. The van der Waals surface area contributed by atoms with Crippen LogP contribution in [0.2, 0.25) is 0 Å². The van der Waals surface area contributed by atoms with Gasteiger partial charge in [-0.3, -0.25) is 0 Å². The SMILES string of the molecule is CCCCCC.S. The van der Waals surface area contributed by atoms with E-state index in [1.807, 2.05) is 0 Å². The molecule has 0 rings (SSSR count). The van der Waals surface area contributed by atoms with E-state index < -0.39 is 0 Å². The molecule has 0 nitrogen and oxygen atoms in total. The molecule has 0 aromatic rings. The van der Waals surface area contributed by atoms with Crippen molar-refractivity contribution in [1.29, 1.82) is 0 Å². The van der Waals surface area contributed by atoms with Crippen LogP contribution in [0.25, 0.3) is 0 Å². The van der Waals surface area contributed by atoms with Crippen LogP contribution in [0.4, 0.5) is 0 Å². The molecule has 0 aliphatic carbocycles. The first-order chi connectivity index (χ1) is 2.91. The minimum atomic E-state index is 0. The predicted molar refractivity (Wildman–Crippen MR) is 40.2 cm³/mol. The minimum absolute atomic E-state index is 0. The molecule has 0 N–H and O–H groups in total. The lowest BCUT2D eigenvalue weighted by atomic mass is 10.2. The second-order valence-electron chi connectivity index (χ2n) is 1.71. The van der Waals surface area contributed by atoms with Gasteiger partial charge in [0.25, 0.3) is 0 Å². The Kier molecular flexibility index (Phi) is 14.2. The number of rotatable bonds is 3. The van der Waals surface area contributed by atoms with Crippen LogP contribution in [0.5, 0.6) is 0 Å². The van der Waals surface area contributed by atoms with Gasteiger partial charge in [-0.2, -0.15) is 13.5 Å². The zero-order chi connectivity index (χ0) is 4.83. The molecule has 0 bridgehead atoms. The highest BCUT2D eigenvalue weighted by Crippen LogP contribution is 1.95. The molecule has 0 aliphatic heterocycles. The largest absolute Gasteiger partial charge is 0.197 e. The van der Waals surface area contributed by atoms with Gasteiger partial charge in [-0.1, -0.05) is 39.5 Å². The van der Waals surface area contributed by atoms with Crippen molar-refractivity contribution in [2.45, 2.75) is 39.5 Å². The molecule has 46 valence electrons. The van der Waals surface area contributed by atoms with Crippen molar-refractivity contribution in [3.8, 4) is 0 Å². The lowest BCUT2D eigenvalue weighted by molar-refractivity contribution is 0.702. The van der Waals surface area contributed by atoms with Crippen molar-refractivity contribution >= 4 is 13.5 Å². The van der Waals surface area contributed by atoms with E-state index >= 15 is 0 Å². The summed E-state index contributed by atoms with van der Waals surface area (Å²) < 4.78 is 0. The van der Waals surface area contributed by atoms with Crippen molar-refractivity contribution in [1.82, 2.24) is 0 Å². The summed E-state index contributed by atoms with van der Waals surface area (Å²) in [6.45, 7) is 4.46. The molecule has 0 radical (unpaired) electrons. The fourth-order valence-corrected chi connectivity index (χ4v) is 0.500. The maximum absolute atomic E-state index is 2.23. The second kappa shape index (κ2) is 9.61. The lowest BCUT2D eigenvalue weighted by Crippen LogP contribution is -1.66. The average Bonchev–Trinajstić information content (AvgIpc) is 1.61. The molecule has 0 amide bonds. The molecule has 0 saturated carbocycles. The first-order valence-electron chi connectivity index (χ1n) is 2.91. The summed E-state index contributed by atoms with van der Waals surface area (Å²) in [5.74, 6) is 0. The van der Waals surface area contributed by atoms with Crippen LogP contribution in [0.1, 0.15) is 39.5 Å². The van der Waals surface area contributed by atoms with Crippen molar-refractivity contribution in [2.75, 3.05) is 0 Å². The molecule has 7 heavy (non-hydrogen) atoms. The zero-order valence-corrected chi connectivity index (χ0v) is 6.33. The molecule has 1 heteroatoms. The third-order valence-corrected chi connectivity index (χ3v) is 0.957. The molecule has 0 aromatic heterocycles. The Morgan fingerprint density at radius 3 is 1.29 bits per heavy atom. The number of hydrogen-bond acceptors (Lipinski definition) is 0. The quantitative estimate of drug-likeness (QED) is 0.502. The van der Waals surface area contributed by atoms with Crippen LogP contribution >= 0.6 is 13.5 Å². The Balaban J connectivity index is 0. The Morgan fingerprint density at radius 2 is 1.14 bits per heavy atom. The summed E-state index contributed by atoms with van der Waals surface area (Å²) in [5.41, 5.74) is 0. The molecule has 0 atom stereocenters. The van der Waals surface area contributed by atoms with Crippen molar-refractivity contribution in [3.05, 3.63) is 0 Å². The van der Waals surface area contributed by atoms with Crippen molar-refractivity contribution in [2.24, 2.45) is 0 Å². The van der Waals surface area contributed by atoms with E-state index in [1.54, 1.807) is 0 Å². The van der Waals surface area contributed by atoms with Gasteiger partial charge in [-0.05, 0) is 0 Å². The molecule has 0 aromatic carbocycles. The van der Waals surface area contributed by atoms with E-state index in [2.05, 4.69) is 13.8 Å². The van der Waals surface area contributed by atoms with Gasteiger partial charge in [-0.15, -0.1) is 0 Å². The third kappa shape index (κ3) is 10.7. The standard InChI is InChI=1S/C6H14.H2S/c1-3-5-6-4-2;/h3-6H2,1-2H3;1H2. The Bertz CT molecular complexity index is 16.1. The van der Waals surface area contributed by atoms with Gasteiger partial charge in [0.15, 0.2) is 0 Å². The smallest absolute Gasteiger partial charge is 0.0536 e. The molecule has 0 unspecified atom stereocenters. The topological polar surface area (TPSA) is 0 Å². The lowest BCUT2D eigenvalue weighted by Gasteiger charge is -1.86. The summed E-state index contributed by atoms with van der Waals surface area (Å²) in [6, 6.07) is 0. The van der Waals surface area contributed by atoms with Gasteiger partial charge in [0.05, 0.1) is 0 Å². The normalized spacial score (nSPS) is 7.71. The van der Waals surface area contributed by atoms with Crippen molar-refractivity contribution in [3.63, 3.8) is 0 Å². The van der Waals surface area contributed by atoms with Gasteiger partial charge in [0.2, 0.25) is 0 Å². The van der Waals surface area contributed by atoms with E-state index in [1.165, 1.54) is 25.7 Å². The molecular formula is C6H16S. The van der Waals surface area contributed by atoms with Crippen LogP contribution in [0.3, 0.4) is 0 Å². The maximum Gasteiger partial charge on any atom is -0.0536 e. The highest BCUT2D eigenvalue weighted by atomic mass is 32.1. The van der Waals surface area contributed by atoms with E-state index in [-0.39, 0.29) is 13.5 Å². The Hall–Kier alpha value is 0.350. The van der Waals surface area contributed by atoms with E-state index in [0.717, 1.165) is 0 Å². The summed E-state index contributed by atoms with van der Waals surface area (Å²) >= 11 is 0. The van der Waals surface area contributed by atoms with Gasteiger partial charge < -0.3 is 0 Å². The van der Waals surface area contributed by atoms with Crippen molar-refractivity contribution < 1.29 is 0 Å². The number of unbranched alkanes of at least 4 members (excludes halogenated alkanes) is 3. The van der Waals surface area contributed by atoms with Gasteiger partial charge in [-0.25, -0.2) is 0 Å². The van der Waals surface area contributed by atoms with Gasteiger partial charge in [0, 0.05) is 0 Å². The average molecular weight is 120 g/mol. The van der Waals surface area contributed by atoms with E-state index in [0.29, 0.717) is 0 Å². The highest BCUT2D eigenvalue weighted by Gasteiger charge is 1.75. The first-order valence-corrected chi connectivity index (χ1v) is 2.91. The Labute approximate surface area is 53.8 Å². The fourth-order valence-electron chi connectivity index (χ4n) is 0.500. The Morgan fingerprint density at radius 1 is 0.857 bits per heavy atom. The molecular weight excluding hydrogens is 104 g/mol. The summed E-state index contributed by atoms with van der Waals surface area (Å²) in [7, 11) is 0. The molecule has 0 heterocycles. The van der Waals surface area contributed by atoms with Crippen LogP contribution in [-0.4, -0.2) is 0 Å². The first kappa shape index (κ1) is 10.4. The fraction of sp³-hybridized carbons (Fsp3) is 1.00. The molecule has 0 aliphatic rings. The predicted octanol–water partition coefficient (Wildman–Crippen LogP) is 2.70. The summed E-state index contributed by atoms with van der Waals surface area (Å²) in [5, 5.41) is 0. The van der Waals surface area contributed by atoms with Gasteiger partial charge in [0.1, 0.15) is 0 Å². The molecule has 0 fully saturated rings. The van der Waals surface area contributed by atoms with E-state index in [9.17, 15) is 0 Å². The van der Waals surface area contributed by atoms with Crippen LogP contribution in [0, 0.1) is 0 Å². The maximum atomic E-state index is 2.23. The monoisotopic (exact) mass is 120 g/mol.